The van der Waals surface area contributed by atoms with Crippen LogP contribution in [0.25, 0.3) is 10.2 Å². The van der Waals surface area contributed by atoms with E-state index in [-0.39, 0.29) is 12.1 Å². The molecule has 9 heteroatoms. The molecule has 0 unspecified atom stereocenters. The molecule has 0 aliphatic heterocycles. The number of aromatic nitrogens is 2. The van der Waals surface area contributed by atoms with Gasteiger partial charge >= 0.3 is 12.2 Å². The summed E-state index contributed by atoms with van der Waals surface area (Å²) < 4.78 is 38.7. The van der Waals surface area contributed by atoms with Gasteiger partial charge in [-0.1, -0.05) is 0 Å². The van der Waals surface area contributed by atoms with Gasteiger partial charge in [0.25, 0.3) is 0 Å². The van der Waals surface area contributed by atoms with Crippen molar-refractivity contribution in [2.24, 2.45) is 0 Å². The number of hydrogen-bond acceptors (Lipinski definition) is 4. The normalized spacial score (nSPS) is 11.5. The van der Waals surface area contributed by atoms with Crippen LogP contribution in [0.3, 0.4) is 0 Å². The van der Waals surface area contributed by atoms with Crippen molar-refractivity contribution in [1.29, 1.82) is 0 Å². The van der Waals surface area contributed by atoms with Crippen LogP contribution in [0.5, 0.6) is 0 Å². The van der Waals surface area contributed by atoms with Crippen molar-refractivity contribution in [3.63, 3.8) is 0 Å². The molecule has 0 saturated carbocycles. The lowest BCUT2D eigenvalue weighted by atomic mass is 10.2. The van der Waals surface area contributed by atoms with E-state index in [1.165, 1.54) is 17.4 Å². The van der Waals surface area contributed by atoms with Gasteiger partial charge in [0, 0.05) is 18.1 Å². The minimum absolute atomic E-state index is 0.123. The maximum atomic E-state index is 12.7. The Bertz CT molecular complexity index is 864. The fraction of sp³-hybridized carbons (Fsp3) is 0.133. The lowest BCUT2D eigenvalue weighted by Gasteiger charge is -2.05. The van der Waals surface area contributed by atoms with Gasteiger partial charge in [-0.05, 0) is 30.3 Å². The first-order valence-corrected chi connectivity index (χ1v) is 7.65. The molecule has 2 aromatic heterocycles. The summed E-state index contributed by atoms with van der Waals surface area (Å²) in [7, 11) is 0. The molecule has 0 aliphatic carbocycles. The number of nitrogens with one attached hydrogen (secondary N) is 2. The topological polar surface area (TPSA) is 66.9 Å². The molecule has 124 valence electrons. The number of hydrogen-bond donors (Lipinski definition) is 2. The van der Waals surface area contributed by atoms with Crippen LogP contribution >= 0.6 is 11.3 Å². The molecule has 24 heavy (non-hydrogen) atoms. The van der Waals surface area contributed by atoms with Crippen LogP contribution in [-0.2, 0) is 12.7 Å². The lowest BCUT2D eigenvalue weighted by molar-refractivity contribution is -0.137. The molecule has 0 aliphatic rings. The van der Waals surface area contributed by atoms with E-state index in [4.69, 9.17) is 0 Å². The molecule has 0 radical (unpaired) electrons. The maximum Gasteiger partial charge on any atom is 0.416 e. The highest BCUT2D eigenvalue weighted by atomic mass is 32.1. The molecular formula is C15H11F3N4OS. The van der Waals surface area contributed by atoms with Gasteiger partial charge < -0.3 is 10.6 Å². The van der Waals surface area contributed by atoms with Crippen LogP contribution in [0, 0.1) is 0 Å². The summed E-state index contributed by atoms with van der Waals surface area (Å²) in [6.07, 6.45) is -1.32. The molecule has 3 rings (SSSR count). The highest BCUT2D eigenvalue weighted by molar-refractivity contribution is 7.18. The van der Waals surface area contributed by atoms with Gasteiger partial charge in [-0.2, -0.15) is 13.2 Å². The number of amides is 2. The van der Waals surface area contributed by atoms with Gasteiger partial charge in [-0.25, -0.2) is 9.78 Å². The molecule has 5 nitrogen and oxygen atoms in total. The Kier molecular flexibility index (Phi) is 4.34. The number of alkyl halides is 3. The summed E-state index contributed by atoms with van der Waals surface area (Å²) in [5.41, 5.74) is 0.109. The number of anilines is 1. The van der Waals surface area contributed by atoms with Crippen LogP contribution in [0.15, 0.2) is 42.7 Å². The van der Waals surface area contributed by atoms with E-state index in [2.05, 4.69) is 20.6 Å². The summed E-state index contributed by atoms with van der Waals surface area (Å²) in [6.45, 7) is 0.123. The summed E-state index contributed by atoms with van der Waals surface area (Å²) in [6, 6.07) is 6.25. The number of rotatable bonds is 3. The van der Waals surface area contributed by atoms with Gasteiger partial charge in [-0.3, -0.25) is 4.98 Å². The maximum absolute atomic E-state index is 12.7. The first kappa shape index (κ1) is 16.2. The zero-order valence-corrected chi connectivity index (χ0v) is 12.9. The average Bonchev–Trinajstić information content (AvgIpc) is 2.95. The Morgan fingerprint density at radius 2 is 1.92 bits per heavy atom. The molecule has 0 saturated heterocycles. The van der Waals surface area contributed by atoms with E-state index in [1.807, 2.05) is 0 Å². The molecule has 3 aromatic rings. The SMILES string of the molecule is O=C(NCc1nc2cc(C(F)(F)F)ccc2s1)Nc1ccncc1. The number of benzene rings is 1. The molecule has 2 amide bonds. The average molecular weight is 352 g/mol. The lowest BCUT2D eigenvalue weighted by Crippen LogP contribution is -2.28. The summed E-state index contributed by atoms with van der Waals surface area (Å²) in [5.74, 6) is 0. The number of carbonyl (C=O) groups is 1. The highest BCUT2D eigenvalue weighted by Crippen LogP contribution is 2.32. The third-order valence-electron chi connectivity index (χ3n) is 3.10. The highest BCUT2D eigenvalue weighted by Gasteiger charge is 2.30. The predicted molar refractivity (Wildman–Crippen MR) is 84.7 cm³/mol. The Morgan fingerprint density at radius 1 is 1.17 bits per heavy atom. The Labute approximate surface area is 138 Å². The molecule has 1 aromatic carbocycles. The van der Waals surface area contributed by atoms with Crippen molar-refractivity contribution < 1.29 is 18.0 Å². The van der Waals surface area contributed by atoms with E-state index in [1.54, 1.807) is 24.5 Å². The second kappa shape index (κ2) is 6.44. The molecular weight excluding hydrogens is 341 g/mol. The van der Waals surface area contributed by atoms with E-state index in [0.29, 0.717) is 15.4 Å². The van der Waals surface area contributed by atoms with Crippen molar-refractivity contribution in [2.45, 2.75) is 12.7 Å². The third kappa shape index (κ3) is 3.80. The quantitative estimate of drug-likeness (QED) is 0.748. The molecule has 0 atom stereocenters. The predicted octanol–water partition coefficient (Wildman–Crippen LogP) is 4.03. The standard InChI is InChI=1S/C15H11F3N4OS/c16-15(17,18)9-1-2-12-11(7-9)22-13(24-12)8-20-14(23)21-10-3-5-19-6-4-10/h1-7H,8H2,(H2,19,20,21,23). The van der Waals surface area contributed by atoms with E-state index in [9.17, 15) is 18.0 Å². The number of urea groups is 1. The zero-order chi connectivity index (χ0) is 17.2. The van der Waals surface area contributed by atoms with Crippen molar-refractivity contribution in [3.05, 3.63) is 53.3 Å². The number of pyridine rings is 1. The van der Waals surface area contributed by atoms with Crippen molar-refractivity contribution in [2.75, 3.05) is 5.32 Å². The molecule has 2 heterocycles. The van der Waals surface area contributed by atoms with Crippen LogP contribution in [0.2, 0.25) is 0 Å². The fourth-order valence-corrected chi connectivity index (χ4v) is 2.88. The van der Waals surface area contributed by atoms with Gasteiger partial charge in [-0.15, -0.1) is 11.3 Å². The van der Waals surface area contributed by atoms with Gasteiger partial charge in [0.05, 0.1) is 22.3 Å². The largest absolute Gasteiger partial charge is 0.416 e. The summed E-state index contributed by atoms with van der Waals surface area (Å²) in [5, 5.41) is 5.74. The van der Waals surface area contributed by atoms with Crippen LogP contribution in [0.4, 0.5) is 23.7 Å². The Morgan fingerprint density at radius 3 is 2.62 bits per heavy atom. The van der Waals surface area contributed by atoms with Crippen molar-refractivity contribution in [3.8, 4) is 0 Å². The molecule has 0 fully saturated rings. The Hall–Kier alpha value is -2.68. The minimum Gasteiger partial charge on any atom is -0.331 e. The number of carbonyl (C=O) groups excluding carboxylic acids is 1. The summed E-state index contributed by atoms with van der Waals surface area (Å²) >= 11 is 1.23. The van der Waals surface area contributed by atoms with Crippen molar-refractivity contribution >= 4 is 33.3 Å². The van der Waals surface area contributed by atoms with Crippen LogP contribution in [0.1, 0.15) is 10.6 Å². The first-order valence-electron chi connectivity index (χ1n) is 6.83. The molecule has 0 spiro atoms. The van der Waals surface area contributed by atoms with Crippen LogP contribution in [-0.4, -0.2) is 16.0 Å². The monoisotopic (exact) mass is 352 g/mol. The molecule has 2 N–H and O–H groups in total. The number of fused-ring (bicyclic) bond motifs is 1. The van der Waals surface area contributed by atoms with E-state index < -0.39 is 17.8 Å². The first-order chi connectivity index (χ1) is 11.4. The number of thiazole rings is 1. The summed E-state index contributed by atoms with van der Waals surface area (Å²) in [4.78, 5) is 19.7. The van der Waals surface area contributed by atoms with Gasteiger partial charge in [0.1, 0.15) is 5.01 Å². The molecule has 0 bridgehead atoms. The van der Waals surface area contributed by atoms with Crippen molar-refractivity contribution in [1.82, 2.24) is 15.3 Å². The second-order valence-electron chi connectivity index (χ2n) is 4.83. The second-order valence-corrected chi connectivity index (χ2v) is 5.95. The van der Waals surface area contributed by atoms with Crippen LogP contribution < -0.4 is 10.6 Å². The Balaban J connectivity index is 1.66. The minimum atomic E-state index is -4.40. The smallest absolute Gasteiger partial charge is 0.331 e. The number of nitrogens with zero attached hydrogens (tertiary/aromatic N) is 2. The zero-order valence-electron chi connectivity index (χ0n) is 12.1. The van der Waals surface area contributed by atoms with E-state index >= 15 is 0 Å². The number of halogens is 3. The van der Waals surface area contributed by atoms with Gasteiger partial charge in [0.15, 0.2) is 0 Å². The van der Waals surface area contributed by atoms with E-state index in [0.717, 1.165) is 12.1 Å². The fourth-order valence-electron chi connectivity index (χ4n) is 1.99. The third-order valence-corrected chi connectivity index (χ3v) is 4.13. The van der Waals surface area contributed by atoms with Gasteiger partial charge in [0.2, 0.25) is 0 Å².